The minimum atomic E-state index is -0.115. The van der Waals surface area contributed by atoms with E-state index in [0.29, 0.717) is 11.4 Å². The number of carbonyl (C=O) groups is 1. The van der Waals surface area contributed by atoms with Crippen LogP contribution in [0.4, 0.5) is 28.4 Å². The molecule has 0 aromatic heterocycles. The van der Waals surface area contributed by atoms with Gasteiger partial charge in [-0.05, 0) is 92.3 Å². The second-order valence-electron chi connectivity index (χ2n) is 11.6. The third-order valence-electron chi connectivity index (χ3n) is 8.24. The molecular formula is C36H41N5O2. The molecule has 7 nitrogen and oxygen atoms in total. The highest BCUT2D eigenvalue weighted by molar-refractivity contribution is 5.99. The van der Waals surface area contributed by atoms with Crippen LogP contribution in [0.2, 0.25) is 0 Å². The standard InChI is InChI=1S/C36H41N5O2/c1-4-5-6-9-26-12-14-27(15-13-26)36(42)43-31-22-18-29(19-23-31)38-40-35-25-24-34(32-10-7-8-11-33(32)35)39-37-28-16-20-30(21-17-28)41(2)3/h7-8,10-11,16-27H,4-6,9,12-15H2,1-3H3. The highest BCUT2D eigenvalue weighted by atomic mass is 16.5. The Bertz CT molecular complexity index is 1550. The SMILES string of the molecule is CCCCCC1CCC(C(=O)Oc2ccc(N=Nc3ccc(N=Nc4ccc(N(C)C)cc4)c4ccccc34)cc2)CC1. The number of hydrogen-bond acceptors (Lipinski definition) is 7. The van der Waals surface area contributed by atoms with Gasteiger partial charge in [0.05, 0.1) is 28.7 Å². The smallest absolute Gasteiger partial charge is 0.314 e. The predicted molar refractivity (Wildman–Crippen MR) is 175 cm³/mol. The van der Waals surface area contributed by atoms with Gasteiger partial charge in [-0.3, -0.25) is 4.79 Å². The fraction of sp³-hybridized carbons (Fsp3) is 0.361. The van der Waals surface area contributed by atoms with Crippen LogP contribution in [0.3, 0.4) is 0 Å². The molecule has 1 aliphatic rings. The van der Waals surface area contributed by atoms with Gasteiger partial charge < -0.3 is 9.64 Å². The van der Waals surface area contributed by atoms with Gasteiger partial charge in [-0.25, -0.2) is 0 Å². The van der Waals surface area contributed by atoms with Gasteiger partial charge >= 0.3 is 5.97 Å². The zero-order valence-corrected chi connectivity index (χ0v) is 25.4. The minimum absolute atomic E-state index is 0.00111. The fourth-order valence-electron chi connectivity index (χ4n) is 5.63. The summed E-state index contributed by atoms with van der Waals surface area (Å²) in [5, 5.41) is 19.8. The Morgan fingerprint density at radius 3 is 1.81 bits per heavy atom. The molecule has 1 aliphatic carbocycles. The molecule has 0 N–H and O–H groups in total. The summed E-state index contributed by atoms with van der Waals surface area (Å²) in [5.74, 6) is 1.20. The molecule has 5 rings (SSSR count). The molecule has 7 heteroatoms. The van der Waals surface area contributed by atoms with E-state index in [1.54, 1.807) is 12.1 Å². The van der Waals surface area contributed by atoms with Crippen molar-refractivity contribution in [2.24, 2.45) is 32.3 Å². The topological polar surface area (TPSA) is 79.0 Å². The molecule has 1 saturated carbocycles. The highest BCUT2D eigenvalue weighted by Crippen LogP contribution is 2.36. The van der Waals surface area contributed by atoms with E-state index in [0.717, 1.165) is 65.1 Å². The van der Waals surface area contributed by atoms with E-state index in [1.807, 2.05) is 91.8 Å². The molecule has 222 valence electrons. The quantitative estimate of drug-likeness (QED) is 0.0772. The van der Waals surface area contributed by atoms with Crippen molar-refractivity contribution in [3.05, 3.63) is 84.9 Å². The van der Waals surface area contributed by atoms with Crippen LogP contribution in [0, 0.1) is 11.8 Å². The number of carbonyl (C=O) groups excluding carboxylic acids is 1. The van der Waals surface area contributed by atoms with Crippen molar-refractivity contribution in [1.82, 2.24) is 0 Å². The lowest BCUT2D eigenvalue weighted by Gasteiger charge is -2.27. The van der Waals surface area contributed by atoms with Gasteiger partial charge in [0.2, 0.25) is 0 Å². The third kappa shape index (κ3) is 8.13. The first-order valence-electron chi connectivity index (χ1n) is 15.4. The van der Waals surface area contributed by atoms with Crippen molar-refractivity contribution >= 4 is 45.2 Å². The average molecular weight is 576 g/mol. The van der Waals surface area contributed by atoms with Crippen LogP contribution in [0.5, 0.6) is 5.75 Å². The Hall–Kier alpha value is -4.39. The Balaban J connectivity index is 1.20. The number of nitrogens with zero attached hydrogens (tertiary/aromatic N) is 5. The normalized spacial score (nSPS) is 17.1. The van der Waals surface area contributed by atoms with E-state index in [4.69, 9.17) is 4.74 Å². The third-order valence-corrected chi connectivity index (χ3v) is 8.24. The summed E-state index contributed by atoms with van der Waals surface area (Å²) in [7, 11) is 4.02. The van der Waals surface area contributed by atoms with Gasteiger partial charge in [0.15, 0.2) is 0 Å². The number of hydrogen-bond donors (Lipinski definition) is 0. The summed E-state index contributed by atoms with van der Waals surface area (Å²) in [4.78, 5) is 14.8. The molecule has 4 aromatic rings. The van der Waals surface area contributed by atoms with Crippen molar-refractivity contribution in [1.29, 1.82) is 0 Å². The summed E-state index contributed by atoms with van der Waals surface area (Å²) in [6, 6.07) is 27.0. The summed E-state index contributed by atoms with van der Waals surface area (Å²) in [6.45, 7) is 2.24. The van der Waals surface area contributed by atoms with Crippen molar-refractivity contribution < 1.29 is 9.53 Å². The lowest BCUT2D eigenvalue weighted by molar-refractivity contribution is -0.140. The monoisotopic (exact) mass is 575 g/mol. The van der Waals surface area contributed by atoms with E-state index in [-0.39, 0.29) is 11.9 Å². The summed E-state index contributed by atoms with van der Waals surface area (Å²) in [5.41, 5.74) is 4.09. The molecule has 0 aliphatic heterocycles. The molecule has 0 unspecified atom stereocenters. The molecule has 0 atom stereocenters. The number of anilines is 1. The van der Waals surface area contributed by atoms with E-state index < -0.39 is 0 Å². The number of unbranched alkanes of at least 4 members (excludes halogenated alkanes) is 2. The van der Waals surface area contributed by atoms with Crippen LogP contribution in [-0.4, -0.2) is 20.1 Å². The maximum Gasteiger partial charge on any atom is 0.314 e. The van der Waals surface area contributed by atoms with Gasteiger partial charge in [-0.15, -0.1) is 10.2 Å². The van der Waals surface area contributed by atoms with E-state index in [2.05, 4.69) is 27.4 Å². The van der Waals surface area contributed by atoms with Gasteiger partial charge in [0.25, 0.3) is 0 Å². The van der Waals surface area contributed by atoms with Crippen LogP contribution >= 0.6 is 0 Å². The van der Waals surface area contributed by atoms with Gasteiger partial charge in [0, 0.05) is 30.6 Å². The van der Waals surface area contributed by atoms with E-state index >= 15 is 0 Å². The van der Waals surface area contributed by atoms with Crippen molar-refractivity contribution in [2.75, 3.05) is 19.0 Å². The second-order valence-corrected chi connectivity index (χ2v) is 11.6. The average Bonchev–Trinajstić information content (AvgIpc) is 3.04. The van der Waals surface area contributed by atoms with Crippen LogP contribution in [0.15, 0.2) is 105 Å². The maximum absolute atomic E-state index is 12.8. The summed E-state index contributed by atoms with van der Waals surface area (Å²) in [6.07, 6.45) is 9.29. The predicted octanol–water partition coefficient (Wildman–Crippen LogP) is 11.0. The highest BCUT2D eigenvalue weighted by Gasteiger charge is 2.27. The summed E-state index contributed by atoms with van der Waals surface area (Å²) < 4.78 is 5.71. The van der Waals surface area contributed by atoms with Crippen LogP contribution < -0.4 is 9.64 Å². The van der Waals surface area contributed by atoms with Crippen molar-refractivity contribution in [3.8, 4) is 5.75 Å². The lowest BCUT2D eigenvalue weighted by Crippen LogP contribution is -2.25. The second kappa shape index (κ2) is 14.7. The molecule has 43 heavy (non-hydrogen) atoms. The number of azo groups is 2. The summed E-state index contributed by atoms with van der Waals surface area (Å²) >= 11 is 0. The zero-order valence-electron chi connectivity index (χ0n) is 25.4. The van der Waals surface area contributed by atoms with Gasteiger partial charge in [-0.2, -0.15) is 10.2 Å². The first-order chi connectivity index (χ1) is 21.0. The van der Waals surface area contributed by atoms with Gasteiger partial charge in [0.1, 0.15) is 5.75 Å². The largest absolute Gasteiger partial charge is 0.426 e. The molecular weight excluding hydrogens is 534 g/mol. The Morgan fingerprint density at radius 1 is 0.721 bits per heavy atom. The minimum Gasteiger partial charge on any atom is -0.426 e. The van der Waals surface area contributed by atoms with E-state index in [9.17, 15) is 4.79 Å². The van der Waals surface area contributed by atoms with Crippen LogP contribution in [0.1, 0.15) is 58.3 Å². The number of benzene rings is 4. The van der Waals surface area contributed by atoms with Gasteiger partial charge in [-0.1, -0.05) is 56.9 Å². The first kappa shape index (κ1) is 30.1. The number of rotatable bonds is 11. The van der Waals surface area contributed by atoms with E-state index in [1.165, 1.54) is 25.7 Å². The number of ether oxygens (including phenoxy) is 1. The Kier molecular flexibility index (Phi) is 10.3. The maximum atomic E-state index is 12.8. The molecule has 0 heterocycles. The number of esters is 1. The Morgan fingerprint density at radius 2 is 1.28 bits per heavy atom. The molecule has 0 amide bonds. The first-order valence-corrected chi connectivity index (χ1v) is 15.4. The molecule has 0 spiro atoms. The van der Waals surface area contributed by atoms with Crippen LogP contribution in [0.25, 0.3) is 10.8 Å². The molecule has 0 saturated heterocycles. The van der Waals surface area contributed by atoms with Crippen molar-refractivity contribution in [3.63, 3.8) is 0 Å². The number of fused-ring (bicyclic) bond motifs is 1. The molecule has 0 bridgehead atoms. The lowest BCUT2D eigenvalue weighted by atomic mass is 9.80. The Labute approximate surface area is 254 Å². The zero-order chi connectivity index (χ0) is 30.0. The van der Waals surface area contributed by atoms with Crippen LogP contribution in [-0.2, 0) is 4.79 Å². The van der Waals surface area contributed by atoms with Crippen molar-refractivity contribution in [2.45, 2.75) is 58.3 Å². The molecule has 1 fully saturated rings. The molecule has 4 aromatic carbocycles. The fourth-order valence-corrected chi connectivity index (χ4v) is 5.63. The molecule has 0 radical (unpaired) electrons.